The predicted molar refractivity (Wildman–Crippen MR) is 410 cm³/mol. The minimum absolute atomic E-state index is 0.0150. The van der Waals surface area contributed by atoms with E-state index in [1.165, 1.54) is 56.8 Å². The molecule has 26 nitrogen and oxygen atoms in total. The number of para-hydroxylation sites is 2. The molecule has 0 bridgehead atoms. The van der Waals surface area contributed by atoms with E-state index in [1.54, 1.807) is 127 Å². The molecule has 0 atom stereocenters. The number of allylic oxidation sites excluding steroid dienone is 2. The summed E-state index contributed by atoms with van der Waals surface area (Å²) in [5, 5.41) is 8.70. The Kier molecular flexibility index (Phi) is 22.4. The normalized spacial score (nSPS) is 13.5. The number of rotatable bonds is 20. The van der Waals surface area contributed by atoms with Gasteiger partial charge in [-0.2, -0.15) is 0 Å². The van der Waals surface area contributed by atoms with Gasteiger partial charge in [-0.25, -0.2) is 42.6 Å². The number of ketones is 3. The van der Waals surface area contributed by atoms with Gasteiger partial charge >= 0.3 is 6.03 Å². The number of nitrogens with one attached hydrogen (secondary N) is 3. The molecule has 4 aromatic carbocycles. The molecule has 4 aliphatic heterocycles. The van der Waals surface area contributed by atoms with Crippen LogP contribution in [0, 0.1) is 25.5 Å². The number of hydrogen-bond acceptors (Lipinski definition) is 17. The Morgan fingerprint density at radius 3 is 1.69 bits per heavy atom. The highest BCUT2D eigenvalue weighted by Gasteiger charge is 2.31. The summed E-state index contributed by atoms with van der Waals surface area (Å²) in [5.41, 5.74) is 5.67. The highest BCUT2D eigenvalue weighted by atomic mass is 19.1. The smallest absolute Gasteiger partial charge is 0.323 e. The molecule has 0 saturated carbocycles. The summed E-state index contributed by atoms with van der Waals surface area (Å²) in [6.07, 6.45) is 11.9. The van der Waals surface area contributed by atoms with Gasteiger partial charge in [0.15, 0.2) is 40.5 Å². The fraction of sp³-hybridized carbons (Fsp3) is 0.244. The maximum absolute atomic E-state index is 14.9. The third-order valence-corrected chi connectivity index (χ3v) is 19.5. The van der Waals surface area contributed by atoms with E-state index in [1.807, 2.05) is 48.1 Å². The van der Waals surface area contributed by atoms with E-state index in [9.17, 15) is 47.1 Å². The Morgan fingerprint density at radius 2 is 1.13 bits per heavy atom. The number of halogens is 2. The van der Waals surface area contributed by atoms with Crippen LogP contribution in [0.25, 0.3) is 17.1 Å². The SMILES string of the molecule is C=CC(=C)n1c(=O)c(C(=O)Cc2ccc(Oc3ccnc(NC(=O)N4CCCC4)c3)cn2)c2n1CCN(C)C2.Cc1c(C(=O)Cc2ccc(Oc3ccnc4c3CCC(=O)N4)c(F)c2)c(=O)n(-c2ccccc2)n1C.Cc1c(C(=O)Cc2ccc(Oc3ccnc4c3CCCN4)c(F)c2)c(=O)n(-c2ccccc2)n1C. The van der Waals surface area contributed by atoms with Crippen molar-refractivity contribution in [3.63, 3.8) is 0 Å². The molecule has 15 rings (SSSR count). The van der Waals surface area contributed by atoms with Crippen molar-refractivity contribution in [2.24, 2.45) is 14.1 Å². The number of carbonyl (C=O) groups is 5. The molecule has 7 aromatic heterocycles. The van der Waals surface area contributed by atoms with Crippen LogP contribution >= 0.6 is 0 Å². The molecule has 0 spiro atoms. The number of anilines is 3. The van der Waals surface area contributed by atoms with E-state index in [0.717, 1.165) is 63.2 Å². The first-order chi connectivity index (χ1) is 53.1. The minimum Gasteiger partial charge on any atom is -0.456 e. The largest absolute Gasteiger partial charge is 0.456 e. The van der Waals surface area contributed by atoms with Crippen LogP contribution < -0.4 is 46.8 Å². The van der Waals surface area contributed by atoms with Gasteiger partial charge < -0.3 is 29.7 Å². The summed E-state index contributed by atoms with van der Waals surface area (Å²) in [6.45, 7) is 15.2. The van der Waals surface area contributed by atoms with E-state index in [4.69, 9.17) is 14.2 Å². The topological polar surface area (TPSA) is 288 Å². The number of nitrogens with zero attached hydrogens (tertiary/aromatic N) is 12. The lowest BCUT2D eigenvalue weighted by Crippen LogP contribution is -2.33. The molecule has 0 radical (unpaired) electrons. The molecule has 0 aliphatic carbocycles. The fourth-order valence-corrected chi connectivity index (χ4v) is 13.7. The second-order valence-corrected chi connectivity index (χ2v) is 26.8. The summed E-state index contributed by atoms with van der Waals surface area (Å²) in [5.74, 6) is 1.13. The highest BCUT2D eigenvalue weighted by molar-refractivity contribution is 6.00. The van der Waals surface area contributed by atoms with Crippen LogP contribution in [-0.2, 0) is 64.1 Å². The van der Waals surface area contributed by atoms with Gasteiger partial charge in [-0.1, -0.05) is 61.7 Å². The second kappa shape index (κ2) is 32.9. The quantitative estimate of drug-likeness (QED) is 0.0472. The van der Waals surface area contributed by atoms with Crippen LogP contribution in [0.4, 0.5) is 31.0 Å². The number of hydrogen-bond donors (Lipinski definition) is 3. The number of carbonyl (C=O) groups excluding carboxylic acids is 5. The molecule has 11 heterocycles. The van der Waals surface area contributed by atoms with E-state index in [2.05, 4.69) is 53.9 Å². The molecule has 562 valence electrons. The third-order valence-electron chi connectivity index (χ3n) is 19.5. The van der Waals surface area contributed by atoms with Gasteiger partial charge in [-0.05, 0) is 149 Å². The van der Waals surface area contributed by atoms with Crippen molar-refractivity contribution in [1.82, 2.24) is 57.8 Å². The minimum atomic E-state index is -0.641. The maximum Gasteiger partial charge on any atom is 0.323 e. The van der Waals surface area contributed by atoms with E-state index < -0.39 is 28.5 Å². The van der Waals surface area contributed by atoms with Crippen LogP contribution in [0.3, 0.4) is 0 Å². The second-order valence-electron chi connectivity index (χ2n) is 26.8. The first kappa shape index (κ1) is 75.0. The van der Waals surface area contributed by atoms with Gasteiger partial charge in [0.1, 0.15) is 57.1 Å². The van der Waals surface area contributed by atoms with Crippen molar-refractivity contribution in [2.45, 2.75) is 84.7 Å². The number of benzene rings is 4. The van der Waals surface area contributed by atoms with Crippen molar-refractivity contribution >= 4 is 52.4 Å². The summed E-state index contributed by atoms with van der Waals surface area (Å²) < 4.78 is 56.9. The summed E-state index contributed by atoms with van der Waals surface area (Å²) >= 11 is 0. The van der Waals surface area contributed by atoms with Gasteiger partial charge in [0.2, 0.25) is 5.91 Å². The Bertz CT molecular complexity index is 5600. The highest BCUT2D eigenvalue weighted by Crippen LogP contribution is 2.36. The number of pyridine rings is 4. The molecule has 28 heteroatoms. The average molecular weight is 1490 g/mol. The third kappa shape index (κ3) is 16.2. The molecule has 1 saturated heterocycles. The summed E-state index contributed by atoms with van der Waals surface area (Å²) in [4.78, 5) is 124. The van der Waals surface area contributed by atoms with Crippen LogP contribution in [0.15, 0.2) is 192 Å². The molecule has 110 heavy (non-hydrogen) atoms. The average Bonchev–Trinajstić information content (AvgIpc) is 1.63. The van der Waals surface area contributed by atoms with Crippen LogP contribution in [-0.4, -0.2) is 120 Å². The Hall–Kier alpha value is -13.2. The lowest BCUT2D eigenvalue weighted by molar-refractivity contribution is -0.116. The standard InChI is InChI=1S/C28H31N7O4.C27H23FN4O4.C27H25FN4O3/c1-4-19(2)35-27(37)26(23-18-32(3)13-14-34(23)35)24(36)15-20-7-8-22(17-30-20)39-21-9-10-29-25(16-21)31-28(38)33-11-5-6-12-33;1-16-25(27(35)32(31(16)2)18-6-4-3-5-7-18)21(33)15-17-8-10-23(20(28)14-17)36-22-12-13-29-26-19(22)9-11-24(34)30-26;1-17-25(27(34)32(31(17)2)19-7-4-3-5-8-19)22(33)16-18-10-11-24(21(28)15-18)35-23-12-14-30-26-20(23)9-6-13-29-26/h4,7-10,16-17H,1-2,5-6,11-15,18H2,3H3,(H,29,31,38);3-8,10,12-14H,9,11,15H2,1-2H3,(H,29,30,34);3-5,7-8,10-12,14-15H,6,9,13,16H2,1-2H3,(H,29,30). The predicted octanol–water partition coefficient (Wildman–Crippen LogP) is 12.1. The Morgan fingerprint density at radius 1 is 0.564 bits per heavy atom. The maximum atomic E-state index is 14.9. The molecule has 1 fully saturated rings. The summed E-state index contributed by atoms with van der Waals surface area (Å²) in [6, 6.07) is 36.8. The fourth-order valence-electron chi connectivity index (χ4n) is 13.7. The molecule has 3 amide bonds. The van der Waals surface area contributed by atoms with Crippen molar-refractivity contribution in [3.8, 4) is 45.9 Å². The van der Waals surface area contributed by atoms with Gasteiger partial charge in [0.05, 0.1) is 41.9 Å². The number of likely N-dealkylation sites (N-methyl/N-ethyl adjacent to an activating group) is 1. The van der Waals surface area contributed by atoms with Crippen molar-refractivity contribution < 1.29 is 47.0 Å². The van der Waals surface area contributed by atoms with Crippen LogP contribution in [0.2, 0.25) is 0 Å². The number of amides is 3. The van der Waals surface area contributed by atoms with Gasteiger partial charge in [-0.3, -0.25) is 62.8 Å². The zero-order valence-electron chi connectivity index (χ0n) is 61.2. The zero-order chi connectivity index (χ0) is 77.4. The van der Waals surface area contributed by atoms with Crippen LogP contribution in [0.5, 0.6) is 34.5 Å². The number of ether oxygens (including phenoxy) is 3. The zero-order valence-corrected chi connectivity index (χ0v) is 61.2. The molecule has 4 aliphatic rings. The first-order valence-corrected chi connectivity index (χ1v) is 35.8. The number of Topliss-reactive ketones (excluding diaryl/α,β-unsaturated/α-hetero) is 3. The molecule has 11 aromatic rings. The van der Waals surface area contributed by atoms with Gasteiger partial charge in [0.25, 0.3) is 16.7 Å². The molecule has 0 unspecified atom stereocenters. The van der Waals surface area contributed by atoms with Crippen molar-refractivity contribution in [2.75, 3.05) is 49.2 Å². The van der Waals surface area contributed by atoms with Crippen molar-refractivity contribution in [1.29, 1.82) is 0 Å². The number of aromatic nitrogens is 10. The van der Waals surface area contributed by atoms with E-state index >= 15 is 0 Å². The monoisotopic (exact) mass is 1490 g/mol. The lowest BCUT2D eigenvalue weighted by Gasteiger charge is -2.26. The van der Waals surface area contributed by atoms with Crippen LogP contribution in [0.1, 0.15) is 102 Å². The van der Waals surface area contributed by atoms with Gasteiger partial charge in [0, 0.05) is 119 Å². The molecular weight excluding hydrogens is 1410 g/mol. The Balaban J connectivity index is 0.000000145. The Labute approximate surface area is 630 Å². The number of likely N-dealkylation sites (tertiary alicyclic amines) is 1. The van der Waals surface area contributed by atoms with Crippen molar-refractivity contribution in [3.05, 3.63) is 282 Å². The van der Waals surface area contributed by atoms with E-state index in [-0.39, 0.29) is 76.5 Å². The first-order valence-electron chi connectivity index (χ1n) is 35.8. The molecular formula is C82H79F2N15O11. The number of fused-ring (bicyclic) bond motifs is 3. The summed E-state index contributed by atoms with van der Waals surface area (Å²) in [7, 11) is 5.41. The number of urea groups is 1. The lowest BCUT2D eigenvalue weighted by atomic mass is 10.0. The van der Waals surface area contributed by atoms with Gasteiger partial charge in [-0.15, -0.1) is 0 Å². The van der Waals surface area contributed by atoms with E-state index in [0.29, 0.717) is 117 Å². The molecule has 3 N–H and O–H groups in total.